The van der Waals surface area contributed by atoms with Crippen molar-refractivity contribution in [2.75, 3.05) is 13.1 Å². The highest BCUT2D eigenvalue weighted by Gasteiger charge is 2.44. The average Bonchev–Trinajstić information content (AvgIpc) is 3.38. The zero-order chi connectivity index (χ0) is 28.2. The van der Waals surface area contributed by atoms with Crippen LogP contribution in [0.25, 0.3) is 6.08 Å². The van der Waals surface area contributed by atoms with Crippen LogP contribution in [0.5, 0.6) is 0 Å². The minimum Gasteiger partial charge on any atom is -0.459 e. The Morgan fingerprint density at radius 2 is 1.38 bits per heavy atom. The van der Waals surface area contributed by atoms with E-state index in [2.05, 4.69) is 82.8 Å². The van der Waals surface area contributed by atoms with Gasteiger partial charge < -0.3 is 4.74 Å². The van der Waals surface area contributed by atoms with E-state index in [1.807, 2.05) is 51.1 Å². The summed E-state index contributed by atoms with van der Waals surface area (Å²) in [4.78, 5) is 27.9. The highest BCUT2D eigenvalue weighted by molar-refractivity contribution is 6.00. The first kappa shape index (κ1) is 27.3. The van der Waals surface area contributed by atoms with E-state index in [0.29, 0.717) is 30.8 Å². The molecule has 1 saturated heterocycles. The molecule has 3 aromatic carbocycles. The van der Waals surface area contributed by atoms with Crippen LogP contribution in [0.1, 0.15) is 49.6 Å². The van der Waals surface area contributed by atoms with Crippen LogP contribution < -0.4 is 0 Å². The Morgan fingerprint density at radius 1 is 0.850 bits per heavy atom. The van der Waals surface area contributed by atoms with Crippen molar-refractivity contribution in [1.29, 1.82) is 0 Å². The van der Waals surface area contributed by atoms with Crippen molar-refractivity contribution >= 4 is 17.8 Å². The fourth-order valence-electron chi connectivity index (χ4n) is 5.50. The number of likely N-dealkylation sites (tertiary alicyclic amines) is 1. The van der Waals surface area contributed by atoms with Gasteiger partial charge in [-0.15, -0.1) is 0 Å². The molecule has 0 bridgehead atoms. The predicted molar refractivity (Wildman–Crippen MR) is 156 cm³/mol. The summed E-state index contributed by atoms with van der Waals surface area (Å²) < 4.78 is 6.97. The molecule has 0 N–H and O–H groups in total. The van der Waals surface area contributed by atoms with Crippen molar-refractivity contribution in [2.45, 2.75) is 44.9 Å². The molecule has 0 spiro atoms. The molecule has 1 aromatic heterocycles. The fraction of sp³-hybridized carbons (Fsp3) is 0.265. The van der Waals surface area contributed by atoms with Gasteiger partial charge in [-0.05, 0) is 49.6 Å². The monoisotopic (exact) mass is 533 g/mol. The number of rotatable bonds is 7. The van der Waals surface area contributed by atoms with Gasteiger partial charge in [-0.1, -0.05) is 91.0 Å². The number of hydrogen-bond acceptors (Lipinski definition) is 5. The molecule has 6 heteroatoms. The number of carbonyl (C=O) groups is 2. The van der Waals surface area contributed by atoms with E-state index < -0.39 is 11.1 Å². The average molecular weight is 534 g/mol. The van der Waals surface area contributed by atoms with Gasteiger partial charge in [-0.25, -0.2) is 0 Å². The molecule has 4 aromatic rings. The first-order chi connectivity index (χ1) is 19.3. The molecule has 0 radical (unpaired) electrons. The van der Waals surface area contributed by atoms with E-state index >= 15 is 0 Å². The Morgan fingerprint density at radius 3 is 1.88 bits per heavy atom. The summed E-state index contributed by atoms with van der Waals surface area (Å²) >= 11 is 0. The molecule has 0 saturated carbocycles. The molecule has 5 rings (SSSR count). The molecule has 40 heavy (non-hydrogen) atoms. The van der Waals surface area contributed by atoms with Gasteiger partial charge in [0.05, 0.1) is 11.2 Å². The molecule has 0 amide bonds. The van der Waals surface area contributed by atoms with Gasteiger partial charge in [0.1, 0.15) is 12.1 Å². The van der Waals surface area contributed by atoms with Crippen LogP contribution in [-0.2, 0) is 26.4 Å². The van der Waals surface area contributed by atoms with Crippen molar-refractivity contribution in [3.8, 4) is 0 Å². The molecular formula is C34H35N3O3. The minimum atomic E-state index is -0.598. The van der Waals surface area contributed by atoms with Crippen molar-refractivity contribution in [3.63, 3.8) is 0 Å². The molecule has 1 fully saturated rings. The van der Waals surface area contributed by atoms with E-state index in [1.54, 1.807) is 10.9 Å². The number of esters is 1. The van der Waals surface area contributed by atoms with E-state index in [9.17, 15) is 9.59 Å². The normalized spacial score (nSPS) is 15.8. The lowest BCUT2D eigenvalue weighted by Crippen LogP contribution is -2.52. The van der Waals surface area contributed by atoms with Crippen LogP contribution in [0, 0.1) is 0 Å². The van der Waals surface area contributed by atoms with Gasteiger partial charge in [-0.3, -0.25) is 19.2 Å². The van der Waals surface area contributed by atoms with Crippen LogP contribution in [-0.4, -0.2) is 45.1 Å². The number of benzene rings is 3. The molecular weight excluding hydrogens is 498 g/mol. The largest absolute Gasteiger partial charge is 0.459 e. The quantitative estimate of drug-likeness (QED) is 0.169. The Kier molecular flexibility index (Phi) is 7.81. The van der Waals surface area contributed by atoms with Crippen molar-refractivity contribution in [3.05, 3.63) is 131 Å². The third-order valence-corrected chi connectivity index (χ3v) is 7.07. The van der Waals surface area contributed by atoms with Gasteiger partial charge in [-0.2, -0.15) is 5.10 Å². The maximum atomic E-state index is 13.2. The zero-order valence-corrected chi connectivity index (χ0v) is 23.3. The molecule has 1 aliphatic heterocycles. The van der Waals surface area contributed by atoms with Gasteiger partial charge in [0, 0.05) is 31.3 Å². The van der Waals surface area contributed by atoms with Gasteiger partial charge in [0.15, 0.2) is 5.78 Å². The number of nitrogens with zero attached hydrogens (tertiary/aromatic N) is 3. The van der Waals surface area contributed by atoms with Crippen molar-refractivity contribution in [2.24, 2.45) is 0 Å². The summed E-state index contributed by atoms with van der Waals surface area (Å²) in [6.45, 7) is 6.60. The SMILES string of the molecule is CC(C)(C)OC(=O)Cn1ccc(/C=C2\CN(C(c3ccccc3)(c3ccccc3)c3ccccc3)CCC2=O)n1. The Balaban J connectivity index is 1.53. The van der Waals surface area contributed by atoms with E-state index in [1.165, 1.54) is 0 Å². The molecule has 0 atom stereocenters. The number of ketones is 1. The number of Topliss-reactive ketones (excluding diaryl/α,β-unsaturated/α-hetero) is 1. The third-order valence-electron chi connectivity index (χ3n) is 7.07. The van der Waals surface area contributed by atoms with E-state index in [4.69, 9.17) is 4.74 Å². The fourth-order valence-corrected chi connectivity index (χ4v) is 5.50. The number of ether oxygens (including phenoxy) is 1. The van der Waals surface area contributed by atoms with Crippen LogP contribution in [0.2, 0.25) is 0 Å². The van der Waals surface area contributed by atoms with Crippen molar-refractivity contribution in [1.82, 2.24) is 14.7 Å². The molecule has 0 unspecified atom stereocenters. The smallest absolute Gasteiger partial charge is 0.328 e. The Bertz CT molecular complexity index is 1390. The van der Waals surface area contributed by atoms with Gasteiger partial charge >= 0.3 is 5.97 Å². The summed E-state index contributed by atoms with van der Waals surface area (Å²) in [5, 5.41) is 4.54. The van der Waals surface area contributed by atoms with Crippen LogP contribution in [0.4, 0.5) is 0 Å². The molecule has 6 nitrogen and oxygen atoms in total. The number of aromatic nitrogens is 2. The van der Waals surface area contributed by atoms with Crippen molar-refractivity contribution < 1.29 is 14.3 Å². The van der Waals surface area contributed by atoms with Gasteiger partial charge in [0.2, 0.25) is 0 Å². The highest BCUT2D eigenvalue weighted by atomic mass is 16.6. The lowest BCUT2D eigenvalue weighted by atomic mass is 9.74. The predicted octanol–water partition coefficient (Wildman–Crippen LogP) is 5.88. The van der Waals surface area contributed by atoms with Crippen LogP contribution in [0.3, 0.4) is 0 Å². The Labute approximate surface area is 235 Å². The summed E-state index contributed by atoms with van der Waals surface area (Å²) in [5.41, 5.74) is 3.60. The Hall–Kier alpha value is -4.29. The topological polar surface area (TPSA) is 64.4 Å². The maximum absolute atomic E-state index is 13.2. The van der Waals surface area contributed by atoms with E-state index in [-0.39, 0.29) is 18.3 Å². The standard InChI is InChI=1S/C34H35N3O3/c1-33(2,3)40-32(39)25-37-22-19-30(35-37)23-26-24-36(21-20-31(26)38)34(27-13-7-4-8-14-27,28-15-9-5-10-16-28)29-17-11-6-12-18-29/h4-19,22-23H,20-21,24-25H2,1-3H3/b26-23+. The second kappa shape index (κ2) is 11.4. The lowest BCUT2D eigenvalue weighted by Gasteiger charge is -2.47. The second-order valence-corrected chi connectivity index (χ2v) is 11.1. The first-order valence-electron chi connectivity index (χ1n) is 13.7. The number of carbonyl (C=O) groups excluding carboxylic acids is 2. The zero-order valence-electron chi connectivity index (χ0n) is 23.3. The molecule has 1 aliphatic rings. The first-order valence-corrected chi connectivity index (χ1v) is 13.7. The molecule has 0 aliphatic carbocycles. The van der Waals surface area contributed by atoms with Crippen LogP contribution >= 0.6 is 0 Å². The molecule has 2 heterocycles. The summed E-state index contributed by atoms with van der Waals surface area (Å²) in [6, 6.07) is 33.3. The number of hydrogen-bond donors (Lipinski definition) is 0. The summed E-state index contributed by atoms with van der Waals surface area (Å²) in [6.07, 6.45) is 3.99. The maximum Gasteiger partial charge on any atom is 0.328 e. The molecule has 204 valence electrons. The minimum absolute atomic E-state index is 0.0135. The summed E-state index contributed by atoms with van der Waals surface area (Å²) in [5.74, 6) is -0.242. The third kappa shape index (κ3) is 5.82. The second-order valence-electron chi connectivity index (χ2n) is 11.1. The van der Waals surface area contributed by atoms with Gasteiger partial charge in [0.25, 0.3) is 0 Å². The number of piperidine rings is 1. The highest BCUT2D eigenvalue weighted by Crippen LogP contribution is 2.44. The van der Waals surface area contributed by atoms with E-state index in [0.717, 1.165) is 16.7 Å². The summed E-state index contributed by atoms with van der Waals surface area (Å²) in [7, 11) is 0. The lowest BCUT2D eigenvalue weighted by molar-refractivity contribution is -0.155. The van der Waals surface area contributed by atoms with Crippen LogP contribution in [0.15, 0.2) is 109 Å².